The van der Waals surface area contributed by atoms with E-state index in [1.807, 2.05) is 50.2 Å². The van der Waals surface area contributed by atoms with Crippen LogP contribution < -0.4 is 15.2 Å². The summed E-state index contributed by atoms with van der Waals surface area (Å²) in [5.41, 5.74) is 10.7. The van der Waals surface area contributed by atoms with Gasteiger partial charge in [-0.15, -0.1) is 0 Å². The summed E-state index contributed by atoms with van der Waals surface area (Å²) in [7, 11) is -3.96. The summed E-state index contributed by atoms with van der Waals surface area (Å²) in [6, 6.07) is 15.5. The highest BCUT2D eigenvalue weighted by Gasteiger charge is 2.48. The Kier molecular flexibility index (Phi) is 7.48. The SMILES string of the molecule is Cc1cccc(C)c1-c1cc2nc(n1)NS(=O)(=O)c1cccc(c1)[C@](C)(C[C@]1(C)C[C@@H](N)C1)[C@H](CC(C)(C)C)CO2. The number of nitrogens with two attached hydrogens (primary N) is 1. The Balaban J connectivity index is 1.68. The topological polar surface area (TPSA) is 107 Å². The number of benzene rings is 2. The van der Waals surface area contributed by atoms with E-state index in [1.54, 1.807) is 6.07 Å². The van der Waals surface area contributed by atoms with Crippen molar-refractivity contribution in [1.29, 1.82) is 0 Å². The van der Waals surface area contributed by atoms with Gasteiger partial charge in [0, 0.05) is 23.6 Å². The number of sulfonamides is 1. The normalized spacial score (nSPS) is 27.4. The Morgan fingerprint density at radius 2 is 1.68 bits per heavy atom. The van der Waals surface area contributed by atoms with Gasteiger partial charge in [-0.1, -0.05) is 65.0 Å². The van der Waals surface area contributed by atoms with Crippen LogP contribution in [0.25, 0.3) is 11.3 Å². The van der Waals surface area contributed by atoms with E-state index in [4.69, 9.17) is 10.5 Å². The van der Waals surface area contributed by atoms with Crippen molar-refractivity contribution in [3.63, 3.8) is 0 Å². The molecular formula is C33H44N4O3S. The number of aromatic nitrogens is 2. The molecule has 7 nitrogen and oxygen atoms in total. The van der Waals surface area contributed by atoms with Gasteiger partial charge in [0.15, 0.2) is 0 Å². The number of ether oxygens (including phenoxy) is 1. The van der Waals surface area contributed by atoms with Crippen molar-refractivity contribution in [2.45, 2.75) is 90.5 Å². The number of hydrogen-bond donors (Lipinski definition) is 2. The number of anilines is 1. The number of rotatable bonds is 4. The van der Waals surface area contributed by atoms with Crippen LogP contribution in [0, 0.1) is 30.6 Å². The minimum atomic E-state index is -3.96. The lowest BCUT2D eigenvalue weighted by Gasteiger charge is -2.52. The van der Waals surface area contributed by atoms with E-state index in [-0.39, 0.29) is 39.0 Å². The van der Waals surface area contributed by atoms with Gasteiger partial charge in [0.25, 0.3) is 10.0 Å². The molecule has 0 radical (unpaired) electrons. The summed E-state index contributed by atoms with van der Waals surface area (Å²) >= 11 is 0. The molecule has 2 aliphatic rings. The van der Waals surface area contributed by atoms with Gasteiger partial charge in [-0.25, -0.2) is 18.1 Å². The van der Waals surface area contributed by atoms with Gasteiger partial charge in [0.05, 0.1) is 17.2 Å². The van der Waals surface area contributed by atoms with Crippen molar-refractivity contribution >= 4 is 16.0 Å². The average Bonchev–Trinajstić information content (AvgIpc) is 2.84. The molecule has 41 heavy (non-hydrogen) atoms. The van der Waals surface area contributed by atoms with Gasteiger partial charge in [-0.3, -0.25) is 0 Å². The Labute approximate surface area is 245 Å². The van der Waals surface area contributed by atoms with Crippen LogP contribution in [0.3, 0.4) is 0 Å². The monoisotopic (exact) mass is 576 g/mol. The number of nitrogens with one attached hydrogen (secondary N) is 1. The number of fused-ring (bicyclic) bond motifs is 4. The zero-order valence-corrected chi connectivity index (χ0v) is 26.2. The Morgan fingerprint density at radius 3 is 2.32 bits per heavy atom. The first-order chi connectivity index (χ1) is 19.1. The summed E-state index contributed by atoms with van der Waals surface area (Å²) < 4.78 is 36.6. The minimum Gasteiger partial charge on any atom is -0.477 e. The molecule has 3 N–H and O–H groups in total. The maximum atomic E-state index is 13.7. The lowest BCUT2D eigenvalue weighted by Crippen LogP contribution is -2.50. The van der Waals surface area contributed by atoms with Crippen molar-refractivity contribution in [1.82, 2.24) is 9.97 Å². The molecule has 0 saturated heterocycles. The third-order valence-corrected chi connectivity index (χ3v) is 10.3. The third kappa shape index (κ3) is 6.14. The zero-order valence-electron chi connectivity index (χ0n) is 25.4. The Morgan fingerprint density at radius 1 is 1.02 bits per heavy atom. The predicted octanol–water partition coefficient (Wildman–Crippen LogP) is 6.78. The van der Waals surface area contributed by atoms with Crippen LogP contribution in [-0.2, 0) is 15.4 Å². The molecule has 5 rings (SSSR count). The quantitative estimate of drug-likeness (QED) is 0.354. The molecule has 8 heteroatoms. The van der Waals surface area contributed by atoms with Crippen LogP contribution in [0.2, 0.25) is 0 Å². The molecule has 1 aliphatic carbocycles. The summed E-state index contributed by atoms with van der Waals surface area (Å²) in [5, 5.41) is 0. The van der Waals surface area contributed by atoms with Crippen LogP contribution in [0.5, 0.6) is 5.88 Å². The van der Waals surface area contributed by atoms with Crippen LogP contribution in [0.1, 0.15) is 77.0 Å². The molecule has 1 saturated carbocycles. The van der Waals surface area contributed by atoms with E-state index >= 15 is 0 Å². The summed E-state index contributed by atoms with van der Waals surface area (Å²) in [4.78, 5) is 9.39. The van der Waals surface area contributed by atoms with Crippen molar-refractivity contribution in [2.24, 2.45) is 22.5 Å². The smallest absolute Gasteiger partial charge is 0.264 e. The second kappa shape index (κ2) is 10.4. The number of aryl methyl sites for hydroxylation is 2. The van der Waals surface area contributed by atoms with Crippen LogP contribution in [0.4, 0.5) is 5.95 Å². The van der Waals surface area contributed by atoms with Gasteiger partial charge in [0.1, 0.15) is 0 Å². The molecule has 2 aromatic carbocycles. The van der Waals surface area contributed by atoms with Gasteiger partial charge in [-0.2, -0.15) is 4.98 Å². The number of nitrogens with zero attached hydrogens (tertiary/aromatic N) is 2. The van der Waals surface area contributed by atoms with Gasteiger partial charge >= 0.3 is 0 Å². The highest BCUT2D eigenvalue weighted by Crippen LogP contribution is 2.53. The van der Waals surface area contributed by atoms with E-state index in [9.17, 15) is 8.42 Å². The molecule has 3 aromatic rings. The van der Waals surface area contributed by atoms with Gasteiger partial charge < -0.3 is 10.5 Å². The van der Waals surface area contributed by atoms with Crippen molar-refractivity contribution < 1.29 is 13.2 Å². The lowest BCUT2D eigenvalue weighted by molar-refractivity contribution is 0.0367. The molecule has 0 amide bonds. The maximum absolute atomic E-state index is 13.7. The van der Waals surface area contributed by atoms with Crippen LogP contribution >= 0.6 is 0 Å². The standard InChI is InChI=1S/C33H44N4O3S/c1-21-10-8-11-22(2)29(21)27-15-28-36-30(35-27)37-41(38,39)26-13-9-12-23(14-26)33(7,20-32(6)17-25(34)18-32)24(19-40-28)16-31(3,4)5/h8-15,24-25H,16-20,34H2,1-7H3,(H,35,36,37)/t24-,25-,32-,33+/m1/s1. The second-order valence-corrected chi connectivity index (χ2v) is 15.8. The molecule has 220 valence electrons. The molecule has 1 fully saturated rings. The van der Waals surface area contributed by atoms with E-state index in [2.05, 4.69) is 55.4 Å². The van der Waals surface area contributed by atoms with Crippen LogP contribution in [-0.4, -0.2) is 31.0 Å². The fourth-order valence-corrected chi connectivity index (χ4v) is 8.19. The number of hydrogen-bond acceptors (Lipinski definition) is 6. The minimum absolute atomic E-state index is 0.00257. The van der Waals surface area contributed by atoms with Crippen molar-refractivity contribution in [3.05, 3.63) is 65.2 Å². The molecule has 2 atom stereocenters. The first-order valence-corrected chi connectivity index (χ1v) is 16.0. The summed E-state index contributed by atoms with van der Waals surface area (Å²) in [6.45, 7) is 15.8. The first kappa shape index (κ1) is 29.5. The van der Waals surface area contributed by atoms with Crippen molar-refractivity contribution in [2.75, 3.05) is 11.3 Å². The lowest BCUT2D eigenvalue weighted by atomic mass is 9.54. The Bertz CT molecular complexity index is 1540. The highest BCUT2D eigenvalue weighted by molar-refractivity contribution is 7.92. The van der Waals surface area contributed by atoms with Gasteiger partial charge in [-0.05, 0) is 84.6 Å². The maximum Gasteiger partial charge on any atom is 0.264 e. The molecule has 0 spiro atoms. The van der Waals surface area contributed by atoms with E-state index < -0.39 is 10.0 Å². The predicted molar refractivity (Wildman–Crippen MR) is 165 cm³/mol. The zero-order chi connectivity index (χ0) is 29.8. The summed E-state index contributed by atoms with van der Waals surface area (Å²) in [6.07, 6.45) is 3.69. The first-order valence-electron chi connectivity index (χ1n) is 14.5. The Hall–Kier alpha value is -2.97. The molecule has 0 unspecified atom stereocenters. The van der Waals surface area contributed by atoms with E-state index in [0.717, 1.165) is 47.9 Å². The van der Waals surface area contributed by atoms with Crippen molar-refractivity contribution in [3.8, 4) is 17.1 Å². The summed E-state index contributed by atoms with van der Waals surface area (Å²) in [5.74, 6) is 0.443. The fraction of sp³-hybridized carbons (Fsp3) is 0.515. The largest absolute Gasteiger partial charge is 0.477 e. The molecule has 4 bridgehead atoms. The molecule has 1 aromatic heterocycles. The van der Waals surface area contributed by atoms with Gasteiger partial charge in [0.2, 0.25) is 11.8 Å². The average molecular weight is 577 g/mol. The fourth-order valence-electron chi connectivity index (χ4n) is 7.20. The second-order valence-electron chi connectivity index (χ2n) is 14.2. The highest BCUT2D eigenvalue weighted by atomic mass is 32.2. The molecule has 1 aliphatic heterocycles. The third-order valence-electron chi connectivity index (χ3n) is 8.97. The molecular weight excluding hydrogens is 532 g/mol. The molecule has 2 heterocycles. The van der Waals surface area contributed by atoms with E-state index in [0.29, 0.717) is 18.2 Å². The van der Waals surface area contributed by atoms with E-state index in [1.165, 1.54) is 0 Å². The van der Waals surface area contributed by atoms with Crippen LogP contribution in [0.15, 0.2) is 53.4 Å².